The first-order valence-corrected chi connectivity index (χ1v) is 5.87. The minimum Gasteiger partial charge on any atom is -0.379 e. The van der Waals surface area contributed by atoms with Crippen LogP contribution in [0.4, 0.5) is 0 Å². The highest BCUT2D eigenvalue weighted by Crippen LogP contribution is 2.52. The molecule has 2 aliphatic rings. The molecular weight excluding hydrogens is 214 g/mol. The van der Waals surface area contributed by atoms with Crippen LogP contribution in [0, 0.1) is 23.7 Å². The van der Waals surface area contributed by atoms with Crippen molar-refractivity contribution in [2.45, 2.75) is 12.3 Å². The van der Waals surface area contributed by atoms with Gasteiger partial charge >= 0.3 is 0 Å². The van der Waals surface area contributed by atoms with E-state index in [-0.39, 0.29) is 5.41 Å². The highest BCUT2D eigenvalue weighted by molar-refractivity contribution is 5.41. The second-order valence-corrected chi connectivity index (χ2v) is 5.08. The summed E-state index contributed by atoms with van der Waals surface area (Å²) in [5, 5.41) is 9.50. The molecule has 2 saturated heterocycles. The molecule has 3 heteroatoms. The summed E-state index contributed by atoms with van der Waals surface area (Å²) in [6.07, 6.45) is 0. The third-order valence-corrected chi connectivity index (χ3v) is 4.18. The van der Waals surface area contributed by atoms with E-state index < -0.39 is 5.41 Å². The largest absolute Gasteiger partial charge is 0.379 e. The van der Waals surface area contributed by atoms with Crippen LogP contribution in [-0.4, -0.2) is 26.4 Å². The van der Waals surface area contributed by atoms with Gasteiger partial charge in [-0.2, -0.15) is 5.26 Å². The van der Waals surface area contributed by atoms with Crippen LogP contribution >= 0.6 is 0 Å². The normalized spacial score (nSPS) is 24.2. The average molecular weight is 229 g/mol. The highest BCUT2D eigenvalue weighted by Gasteiger charge is 2.62. The molecule has 3 nitrogen and oxygen atoms in total. The number of ether oxygens (including phenoxy) is 2. The third kappa shape index (κ3) is 1.23. The van der Waals surface area contributed by atoms with Crippen LogP contribution in [0.15, 0.2) is 24.3 Å². The molecule has 0 spiro atoms. The predicted molar refractivity (Wildman–Crippen MR) is 62.5 cm³/mol. The quantitative estimate of drug-likeness (QED) is 0.776. The van der Waals surface area contributed by atoms with Crippen molar-refractivity contribution in [2.24, 2.45) is 5.41 Å². The Balaban J connectivity index is 2.10. The van der Waals surface area contributed by atoms with Crippen LogP contribution < -0.4 is 0 Å². The number of benzene rings is 1. The van der Waals surface area contributed by atoms with Crippen LogP contribution in [0.2, 0.25) is 0 Å². The van der Waals surface area contributed by atoms with Crippen molar-refractivity contribution in [3.8, 4) is 6.07 Å². The van der Waals surface area contributed by atoms with Crippen molar-refractivity contribution in [1.29, 1.82) is 5.26 Å². The number of hydrogen-bond donors (Lipinski definition) is 0. The van der Waals surface area contributed by atoms with Gasteiger partial charge in [-0.05, 0) is 18.1 Å². The third-order valence-electron chi connectivity index (χ3n) is 4.18. The van der Waals surface area contributed by atoms with Gasteiger partial charge in [0.25, 0.3) is 0 Å². The molecule has 0 atom stereocenters. The summed E-state index contributed by atoms with van der Waals surface area (Å²) in [5.41, 5.74) is 1.93. The fraction of sp³-hybridized carbons (Fsp3) is 0.500. The van der Waals surface area contributed by atoms with E-state index in [1.54, 1.807) is 0 Å². The summed E-state index contributed by atoms with van der Waals surface area (Å²) >= 11 is 0. The number of nitriles is 1. The Labute approximate surface area is 101 Å². The van der Waals surface area contributed by atoms with E-state index in [4.69, 9.17) is 9.47 Å². The Morgan fingerprint density at radius 2 is 1.76 bits per heavy atom. The molecule has 0 saturated carbocycles. The Bertz CT molecular complexity index is 481. The molecule has 0 bridgehead atoms. The molecule has 3 rings (SSSR count). The van der Waals surface area contributed by atoms with E-state index in [9.17, 15) is 5.26 Å². The lowest BCUT2D eigenvalue weighted by Crippen LogP contribution is -2.66. The van der Waals surface area contributed by atoms with Crippen molar-refractivity contribution in [3.05, 3.63) is 35.4 Å². The fourth-order valence-electron chi connectivity index (χ4n) is 2.86. The second kappa shape index (κ2) is 3.56. The summed E-state index contributed by atoms with van der Waals surface area (Å²) < 4.78 is 10.7. The minimum atomic E-state index is -0.392. The monoisotopic (exact) mass is 229 g/mol. The average Bonchev–Trinajstić information content (AvgIpc) is 2.22. The van der Waals surface area contributed by atoms with Crippen molar-refractivity contribution >= 4 is 0 Å². The van der Waals surface area contributed by atoms with Crippen molar-refractivity contribution in [3.63, 3.8) is 0 Å². The molecule has 2 heterocycles. The van der Waals surface area contributed by atoms with Gasteiger partial charge in [-0.3, -0.25) is 0 Å². The minimum absolute atomic E-state index is 0.161. The van der Waals surface area contributed by atoms with Gasteiger partial charge in [0.2, 0.25) is 0 Å². The Kier molecular flexibility index (Phi) is 2.25. The van der Waals surface area contributed by atoms with Crippen LogP contribution in [0.25, 0.3) is 0 Å². The van der Waals surface area contributed by atoms with Crippen LogP contribution in [0.5, 0.6) is 0 Å². The molecule has 1 aromatic carbocycles. The maximum atomic E-state index is 9.50. The van der Waals surface area contributed by atoms with Crippen LogP contribution in [0.1, 0.15) is 11.1 Å². The van der Waals surface area contributed by atoms with Gasteiger partial charge in [0, 0.05) is 0 Å². The van der Waals surface area contributed by atoms with Gasteiger partial charge in [-0.25, -0.2) is 0 Å². The number of rotatable bonds is 2. The molecule has 2 aliphatic heterocycles. The van der Waals surface area contributed by atoms with Gasteiger partial charge in [0.15, 0.2) is 0 Å². The maximum Gasteiger partial charge on any atom is 0.118 e. The molecule has 0 aliphatic carbocycles. The van der Waals surface area contributed by atoms with E-state index in [1.807, 2.05) is 12.1 Å². The summed E-state index contributed by atoms with van der Waals surface area (Å²) in [7, 11) is 0. The molecule has 0 unspecified atom stereocenters. The first-order chi connectivity index (χ1) is 8.24. The number of aryl methyl sites for hydroxylation is 1. The molecule has 88 valence electrons. The van der Waals surface area contributed by atoms with Crippen LogP contribution in [-0.2, 0) is 14.9 Å². The Morgan fingerprint density at radius 1 is 1.12 bits per heavy atom. The van der Waals surface area contributed by atoms with E-state index >= 15 is 0 Å². The van der Waals surface area contributed by atoms with Gasteiger partial charge in [-0.1, -0.05) is 24.3 Å². The molecular formula is C14H15NO2. The molecule has 17 heavy (non-hydrogen) atoms. The smallest absolute Gasteiger partial charge is 0.118 e. The van der Waals surface area contributed by atoms with Crippen molar-refractivity contribution in [2.75, 3.05) is 26.4 Å². The van der Waals surface area contributed by atoms with E-state index in [2.05, 4.69) is 25.1 Å². The van der Waals surface area contributed by atoms with Gasteiger partial charge in [-0.15, -0.1) is 0 Å². The number of hydrogen-bond acceptors (Lipinski definition) is 3. The summed E-state index contributed by atoms with van der Waals surface area (Å²) in [6.45, 7) is 4.42. The topological polar surface area (TPSA) is 42.2 Å². The lowest BCUT2D eigenvalue weighted by atomic mass is 9.57. The summed E-state index contributed by atoms with van der Waals surface area (Å²) in [5.74, 6) is 0. The lowest BCUT2D eigenvalue weighted by Gasteiger charge is -2.56. The zero-order valence-corrected chi connectivity index (χ0v) is 9.90. The highest BCUT2D eigenvalue weighted by atomic mass is 16.5. The lowest BCUT2D eigenvalue weighted by molar-refractivity contribution is -0.201. The molecule has 1 aromatic rings. The van der Waals surface area contributed by atoms with E-state index in [1.165, 1.54) is 11.1 Å². The molecule has 0 radical (unpaired) electrons. The van der Waals surface area contributed by atoms with E-state index in [0.717, 1.165) is 0 Å². The zero-order chi connectivity index (χ0) is 11.9. The summed E-state index contributed by atoms with van der Waals surface area (Å²) in [6, 6.07) is 10.8. The van der Waals surface area contributed by atoms with Crippen LogP contribution in [0.3, 0.4) is 0 Å². The first kappa shape index (κ1) is 10.8. The summed E-state index contributed by atoms with van der Waals surface area (Å²) in [4.78, 5) is 0. The standard InChI is InChI=1S/C14H15NO2/c1-11-4-2-3-5-12(11)14(9-17-10-14)13(6-15)7-16-8-13/h2-5H,7-10H2,1H3. The SMILES string of the molecule is Cc1ccccc1C1(C2(C#N)COC2)COC1. The fourth-order valence-corrected chi connectivity index (χ4v) is 2.86. The molecule has 0 amide bonds. The molecule has 0 aromatic heterocycles. The Hall–Kier alpha value is -1.37. The Morgan fingerprint density at radius 3 is 2.18 bits per heavy atom. The van der Waals surface area contributed by atoms with E-state index in [0.29, 0.717) is 26.4 Å². The first-order valence-electron chi connectivity index (χ1n) is 5.87. The zero-order valence-electron chi connectivity index (χ0n) is 9.90. The predicted octanol–water partition coefficient (Wildman–Crippen LogP) is 1.80. The molecule has 0 N–H and O–H groups in total. The van der Waals surface area contributed by atoms with Gasteiger partial charge in [0.1, 0.15) is 5.41 Å². The molecule has 2 fully saturated rings. The second-order valence-electron chi connectivity index (χ2n) is 5.08. The maximum absolute atomic E-state index is 9.50. The van der Waals surface area contributed by atoms with Crippen molar-refractivity contribution in [1.82, 2.24) is 0 Å². The van der Waals surface area contributed by atoms with Gasteiger partial charge < -0.3 is 9.47 Å². The number of nitrogens with zero attached hydrogens (tertiary/aromatic N) is 1. The van der Waals surface area contributed by atoms with Crippen molar-refractivity contribution < 1.29 is 9.47 Å². The van der Waals surface area contributed by atoms with Gasteiger partial charge in [0.05, 0.1) is 37.9 Å².